The molecule has 1 saturated heterocycles. The van der Waals surface area contributed by atoms with Crippen LogP contribution in [0.3, 0.4) is 0 Å². The molecule has 0 spiro atoms. The maximum atomic E-state index is 14.9. The molecule has 2 aliphatic rings. The molecule has 5 nitrogen and oxygen atoms in total. The van der Waals surface area contributed by atoms with Gasteiger partial charge in [-0.3, -0.25) is 4.79 Å². The van der Waals surface area contributed by atoms with Crippen LogP contribution in [-0.2, 0) is 17.1 Å². The van der Waals surface area contributed by atoms with Crippen molar-refractivity contribution in [1.82, 2.24) is 14.7 Å². The van der Waals surface area contributed by atoms with Crippen LogP contribution in [0.4, 0.5) is 17.6 Å². The van der Waals surface area contributed by atoms with E-state index >= 15 is 0 Å². The molecule has 1 N–H and O–H groups in total. The molecule has 0 atom stereocenters. The van der Waals surface area contributed by atoms with Crippen molar-refractivity contribution in [1.29, 1.82) is 0 Å². The summed E-state index contributed by atoms with van der Waals surface area (Å²) in [5.41, 5.74) is 1.32. The molecule has 2 aromatic rings. The van der Waals surface area contributed by atoms with E-state index in [1.807, 2.05) is 0 Å². The SMILES string of the molecule is CCC(F)(F)c1nc2cc(C(=O)NC3CCOCC3)cc(C)n2c1CC1CCC(F)(F)CC1. The van der Waals surface area contributed by atoms with Gasteiger partial charge in [0.25, 0.3) is 11.8 Å². The Labute approximate surface area is 190 Å². The number of imidazole rings is 1. The Kier molecular flexibility index (Phi) is 6.71. The number of pyridine rings is 1. The van der Waals surface area contributed by atoms with E-state index in [1.165, 1.54) is 13.0 Å². The van der Waals surface area contributed by atoms with Crippen LogP contribution in [0.5, 0.6) is 0 Å². The van der Waals surface area contributed by atoms with Gasteiger partial charge in [-0.2, -0.15) is 8.78 Å². The average Bonchev–Trinajstić information content (AvgIpc) is 3.15. The molecule has 2 aromatic heterocycles. The monoisotopic (exact) mass is 469 g/mol. The number of halogens is 4. The highest BCUT2D eigenvalue weighted by Crippen LogP contribution is 2.40. The first-order valence-corrected chi connectivity index (χ1v) is 11.8. The van der Waals surface area contributed by atoms with Gasteiger partial charge >= 0.3 is 0 Å². The Balaban J connectivity index is 1.67. The minimum atomic E-state index is -3.14. The number of rotatable bonds is 6. The zero-order chi connectivity index (χ0) is 23.8. The summed E-state index contributed by atoms with van der Waals surface area (Å²) < 4.78 is 63.9. The summed E-state index contributed by atoms with van der Waals surface area (Å²) in [4.78, 5) is 17.1. The van der Waals surface area contributed by atoms with Crippen molar-refractivity contribution in [3.63, 3.8) is 0 Å². The van der Waals surface area contributed by atoms with E-state index in [0.29, 0.717) is 43.0 Å². The van der Waals surface area contributed by atoms with Crippen LogP contribution in [0.15, 0.2) is 12.1 Å². The number of aryl methyl sites for hydroxylation is 1. The van der Waals surface area contributed by atoms with Gasteiger partial charge in [-0.1, -0.05) is 6.92 Å². The van der Waals surface area contributed by atoms with Crippen LogP contribution < -0.4 is 5.32 Å². The summed E-state index contributed by atoms with van der Waals surface area (Å²) in [5.74, 6) is -6.19. The Morgan fingerprint density at radius 3 is 2.52 bits per heavy atom. The molecule has 1 amide bonds. The van der Waals surface area contributed by atoms with Gasteiger partial charge in [0.1, 0.15) is 11.3 Å². The lowest BCUT2D eigenvalue weighted by atomic mass is 9.83. The lowest BCUT2D eigenvalue weighted by molar-refractivity contribution is -0.0463. The second kappa shape index (κ2) is 9.24. The Morgan fingerprint density at radius 2 is 1.88 bits per heavy atom. The fraction of sp³-hybridized carbons (Fsp3) is 0.667. The molecule has 33 heavy (non-hydrogen) atoms. The number of carbonyl (C=O) groups excluding carboxylic acids is 1. The third-order valence-electron chi connectivity index (χ3n) is 6.93. The summed E-state index contributed by atoms with van der Waals surface area (Å²) >= 11 is 0. The molecule has 4 rings (SSSR count). The predicted octanol–water partition coefficient (Wildman–Crippen LogP) is 5.42. The largest absolute Gasteiger partial charge is 0.381 e. The standard InChI is InChI=1S/C24H31F4N3O2/c1-3-24(27,28)21-19(13-16-4-8-23(25,26)9-5-16)31-15(2)12-17(14-20(31)30-21)22(32)29-18-6-10-33-11-7-18/h12,14,16,18H,3-11,13H2,1-2H3,(H,29,32). The molecule has 182 valence electrons. The van der Waals surface area contributed by atoms with Gasteiger partial charge in [0, 0.05) is 49.8 Å². The topological polar surface area (TPSA) is 55.6 Å². The third kappa shape index (κ3) is 5.18. The van der Waals surface area contributed by atoms with Crippen LogP contribution in [0.2, 0.25) is 0 Å². The molecule has 0 unspecified atom stereocenters. The number of amides is 1. The molecule has 0 aromatic carbocycles. The quantitative estimate of drug-likeness (QED) is 0.575. The van der Waals surface area contributed by atoms with E-state index in [4.69, 9.17) is 4.74 Å². The number of hydrogen-bond acceptors (Lipinski definition) is 3. The number of fused-ring (bicyclic) bond motifs is 1. The van der Waals surface area contributed by atoms with Crippen LogP contribution in [0.25, 0.3) is 5.65 Å². The van der Waals surface area contributed by atoms with Crippen molar-refractivity contribution in [2.24, 2.45) is 5.92 Å². The maximum absolute atomic E-state index is 14.9. The highest BCUT2D eigenvalue weighted by Gasteiger charge is 2.39. The van der Waals surface area contributed by atoms with E-state index in [-0.39, 0.29) is 48.5 Å². The highest BCUT2D eigenvalue weighted by atomic mass is 19.3. The summed E-state index contributed by atoms with van der Waals surface area (Å²) in [6, 6.07) is 3.23. The van der Waals surface area contributed by atoms with Gasteiger partial charge in [-0.05, 0) is 57.1 Å². The first kappa shape index (κ1) is 24.0. The first-order chi connectivity index (χ1) is 15.6. The van der Waals surface area contributed by atoms with Crippen LogP contribution >= 0.6 is 0 Å². The van der Waals surface area contributed by atoms with Gasteiger partial charge < -0.3 is 14.5 Å². The van der Waals surface area contributed by atoms with Gasteiger partial charge in [0.05, 0.1) is 5.69 Å². The number of nitrogens with one attached hydrogen (secondary N) is 1. The van der Waals surface area contributed by atoms with Crippen LogP contribution in [0, 0.1) is 12.8 Å². The molecule has 2 fully saturated rings. The zero-order valence-corrected chi connectivity index (χ0v) is 19.1. The highest BCUT2D eigenvalue weighted by molar-refractivity contribution is 5.95. The number of hydrogen-bond donors (Lipinski definition) is 1. The van der Waals surface area contributed by atoms with Crippen molar-refractivity contribution in [2.75, 3.05) is 13.2 Å². The van der Waals surface area contributed by atoms with Crippen molar-refractivity contribution in [3.8, 4) is 0 Å². The molecule has 0 radical (unpaired) electrons. The molecule has 0 bridgehead atoms. The van der Waals surface area contributed by atoms with Gasteiger partial charge in [-0.25, -0.2) is 13.8 Å². The molecular weight excluding hydrogens is 438 g/mol. The lowest BCUT2D eigenvalue weighted by Crippen LogP contribution is -2.38. The molecule has 1 aliphatic carbocycles. The zero-order valence-electron chi connectivity index (χ0n) is 19.1. The lowest BCUT2D eigenvalue weighted by Gasteiger charge is -2.28. The van der Waals surface area contributed by atoms with Crippen LogP contribution in [0.1, 0.15) is 79.3 Å². The van der Waals surface area contributed by atoms with Crippen molar-refractivity contribution >= 4 is 11.6 Å². The molecule has 1 saturated carbocycles. The van der Waals surface area contributed by atoms with E-state index in [9.17, 15) is 22.4 Å². The smallest absolute Gasteiger partial charge is 0.291 e. The predicted molar refractivity (Wildman–Crippen MR) is 116 cm³/mol. The van der Waals surface area contributed by atoms with Gasteiger partial charge in [0.2, 0.25) is 5.92 Å². The number of carbonyl (C=O) groups is 1. The van der Waals surface area contributed by atoms with E-state index < -0.39 is 18.3 Å². The molecule has 9 heteroatoms. The minimum Gasteiger partial charge on any atom is -0.381 e. The summed E-state index contributed by atoms with van der Waals surface area (Å²) in [5, 5.41) is 2.99. The van der Waals surface area contributed by atoms with E-state index in [0.717, 1.165) is 12.8 Å². The summed E-state index contributed by atoms with van der Waals surface area (Å²) in [6.07, 6.45) is 1.46. The van der Waals surface area contributed by atoms with Crippen molar-refractivity contribution in [2.45, 2.75) is 83.1 Å². The second-order valence-electron chi connectivity index (χ2n) is 9.41. The normalized spacial score (nSPS) is 20.3. The van der Waals surface area contributed by atoms with E-state index in [2.05, 4.69) is 10.3 Å². The maximum Gasteiger partial charge on any atom is 0.291 e. The number of alkyl halides is 4. The first-order valence-electron chi connectivity index (χ1n) is 11.8. The number of ether oxygens (including phenoxy) is 1. The third-order valence-corrected chi connectivity index (χ3v) is 6.93. The van der Waals surface area contributed by atoms with E-state index in [1.54, 1.807) is 17.4 Å². The number of nitrogens with zero attached hydrogens (tertiary/aromatic N) is 2. The minimum absolute atomic E-state index is 0.0162. The fourth-order valence-electron chi connectivity index (χ4n) is 4.90. The molecule has 1 aliphatic heterocycles. The van der Waals surface area contributed by atoms with Gasteiger partial charge in [0.15, 0.2) is 0 Å². The Hall–Kier alpha value is -2.16. The summed E-state index contributed by atoms with van der Waals surface area (Å²) in [7, 11) is 0. The average molecular weight is 470 g/mol. The Bertz CT molecular complexity index is 1000. The van der Waals surface area contributed by atoms with Crippen molar-refractivity contribution < 1.29 is 27.1 Å². The van der Waals surface area contributed by atoms with Gasteiger partial charge in [-0.15, -0.1) is 0 Å². The molecule has 3 heterocycles. The fourth-order valence-corrected chi connectivity index (χ4v) is 4.90. The molecular formula is C24H31F4N3O2. The van der Waals surface area contributed by atoms with Crippen LogP contribution in [-0.4, -0.2) is 40.5 Å². The summed E-state index contributed by atoms with van der Waals surface area (Å²) in [6.45, 7) is 4.34. The Morgan fingerprint density at radius 1 is 1.21 bits per heavy atom. The van der Waals surface area contributed by atoms with Crippen molar-refractivity contribution in [3.05, 3.63) is 34.8 Å². The number of aromatic nitrogens is 2. The second-order valence-corrected chi connectivity index (χ2v) is 9.41.